The van der Waals surface area contributed by atoms with Crippen LogP contribution in [0, 0.1) is 5.41 Å². The third-order valence-corrected chi connectivity index (χ3v) is 5.09. The topological polar surface area (TPSA) is 120 Å². The second-order valence-electron chi connectivity index (χ2n) is 8.05. The summed E-state index contributed by atoms with van der Waals surface area (Å²) in [6, 6.07) is 3.35. The van der Waals surface area contributed by atoms with Gasteiger partial charge < -0.3 is 20.4 Å². The minimum absolute atomic E-state index is 0.0301. The Hall–Kier alpha value is -3.13. The number of nitrogens with zero attached hydrogens (tertiary/aromatic N) is 3. The SMILES string of the molecule is CC(C)(C)[C@@H](CC(=O)O)Nc1nc(-c2c[nH]c3ncc(Cl)cc23)nc2cc[nH]c12. The number of fused-ring (bicyclic) bond motifs is 2. The summed E-state index contributed by atoms with van der Waals surface area (Å²) in [6.07, 6.45) is 5.13. The molecule has 0 aliphatic carbocycles. The van der Waals surface area contributed by atoms with Crippen LogP contribution in [-0.2, 0) is 4.79 Å². The number of rotatable bonds is 5. The fourth-order valence-corrected chi connectivity index (χ4v) is 3.40. The van der Waals surface area contributed by atoms with Crippen molar-refractivity contribution in [3.8, 4) is 11.4 Å². The molecule has 150 valence electrons. The molecule has 8 nitrogen and oxygen atoms in total. The summed E-state index contributed by atoms with van der Waals surface area (Å²) in [7, 11) is 0. The average molecular weight is 413 g/mol. The average Bonchev–Trinajstić information content (AvgIpc) is 3.26. The molecular weight excluding hydrogens is 392 g/mol. The van der Waals surface area contributed by atoms with E-state index in [9.17, 15) is 9.90 Å². The number of hydrogen-bond acceptors (Lipinski definition) is 5. The van der Waals surface area contributed by atoms with E-state index in [0.717, 1.165) is 22.0 Å². The number of carbonyl (C=O) groups is 1. The highest BCUT2D eigenvalue weighted by molar-refractivity contribution is 6.31. The molecule has 29 heavy (non-hydrogen) atoms. The monoisotopic (exact) mass is 412 g/mol. The van der Waals surface area contributed by atoms with Gasteiger partial charge in [-0.3, -0.25) is 4.79 Å². The maximum absolute atomic E-state index is 11.4. The molecule has 0 saturated carbocycles. The van der Waals surface area contributed by atoms with Crippen molar-refractivity contribution < 1.29 is 9.90 Å². The first-order valence-corrected chi connectivity index (χ1v) is 9.56. The Balaban J connectivity index is 1.84. The number of aromatic amines is 2. The van der Waals surface area contributed by atoms with Gasteiger partial charge in [0.15, 0.2) is 11.6 Å². The number of hydrogen-bond donors (Lipinski definition) is 4. The number of H-pyrrole nitrogens is 2. The molecule has 4 aromatic heterocycles. The van der Waals surface area contributed by atoms with Crippen molar-refractivity contribution in [3.63, 3.8) is 0 Å². The van der Waals surface area contributed by atoms with Gasteiger partial charge in [0.05, 0.1) is 17.0 Å². The fourth-order valence-electron chi connectivity index (χ4n) is 3.25. The standard InChI is InChI=1S/C20H21ClN6O2/c1-20(2,3)14(7-15(28)29)26-19-16-13(4-5-22-16)25-18(27-19)12-9-24-17-11(12)6-10(21)8-23-17/h4-6,8-9,14,22H,7H2,1-3H3,(H,23,24)(H,28,29)(H,25,26,27)/t14-/m1/s1. The lowest BCUT2D eigenvalue weighted by Gasteiger charge is -2.31. The highest BCUT2D eigenvalue weighted by Gasteiger charge is 2.28. The second kappa shape index (κ2) is 7.04. The molecule has 4 aromatic rings. The van der Waals surface area contributed by atoms with Crippen LogP contribution >= 0.6 is 11.6 Å². The summed E-state index contributed by atoms with van der Waals surface area (Å²) >= 11 is 6.12. The summed E-state index contributed by atoms with van der Waals surface area (Å²) in [6.45, 7) is 5.98. The molecule has 0 aliphatic heterocycles. The van der Waals surface area contributed by atoms with Gasteiger partial charge in [0.2, 0.25) is 0 Å². The predicted molar refractivity (Wildman–Crippen MR) is 113 cm³/mol. The summed E-state index contributed by atoms with van der Waals surface area (Å²) in [5.41, 5.74) is 2.62. The van der Waals surface area contributed by atoms with Crippen molar-refractivity contribution in [2.24, 2.45) is 5.41 Å². The summed E-state index contributed by atoms with van der Waals surface area (Å²) in [5.74, 6) is 0.185. The maximum Gasteiger partial charge on any atom is 0.305 e. The Bertz CT molecular complexity index is 1210. The van der Waals surface area contributed by atoms with E-state index in [1.165, 1.54) is 0 Å². The Kier molecular flexibility index (Phi) is 4.66. The lowest BCUT2D eigenvalue weighted by atomic mass is 9.84. The predicted octanol–water partition coefficient (Wildman–Crippen LogP) is 4.46. The van der Waals surface area contributed by atoms with E-state index in [2.05, 4.69) is 25.3 Å². The third-order valence-electron chi connectivity index (χ3n) is 4.88. The number of pyridine rings is 1. The number of carboxylic acids is 1. The van der Waals surface area contributed by atoms with Gasteiger partial charge in [-0.15, -0.1) is 0 Å². The highest BCUT2D eigenvalue weighted by Crippen LogP contribution is 2.32. The zero-order valence-corrected chi connectivity index (χ0v) is 17.0. The number of aromatic nitrogens is 5. The zero-order valence-electron chi connectivity index (χ0n) is 16.2. The van der Waals surface area contributed by atoms with E-state index >= 15 is 0 Å². The molecule has 0 saturated heterocycles. The maximum atomic E-state index is 11.4. The molecular formula is C20H21ClN6O2. The summed E-state index contributed by atoms with van der Waals surface area (Å²) in [5, 5.41) is 14.0. The molecule has 0 spiro atoms. The van der Waals surface area contributed by atoms with Gasteiger partial charge in [0, 0.05) is 35.6 Å². The molecule has 0 radical (unpaired) electrons. The van der Waals surface area contributed by atoms with Crippen molar-refractivity contribution in [3.05, 3.63) is 35.7 Å². The van der Waals surface area contributed by atoms with Crippen LogP contribution in [0.3, 0.4) is 0 Å². The normalized spacial score (nSPS) is 13.1. The van der Waals surface area contributed by atoms with Crippen LogP contribution in [-0.4, -0.2) is 42.0 Å². The zero-order chi connectivity index (χ0) is 20.8. The minimum Gasteiger partial charge on any atom is -0.481 e. The Morgan fingerprint density at radius 2 is 2.10 bits per heavy atom. The summed E-state index contributed by atoms with van der Waals surface area (Å²) < 4.78 is 0. The van der Waals surface area contributed by atoms with Crippen molar-refractivity contribution in [2.75, 3.05) is 5.32 Å². The van der Waals surface area contributed by atoms with E-state index in [1.54, 1.807) is 18.6 Å². The first-order chi connectivity index (χ1) is 13.7. The van der Waals surface area contributed by atoms with Gasteiger partial charge in [-0.05, 0) is 17.5 Å². The summed E-state index contributed by atoms with van der Waals surface area (Å²) in [4.78, 5) is 31.3. The lowest BCUT2D eigenvalue weighted by Crippen LogP contribution is -2.36. The van der Waals surface area contributed by atoms with E-state index < -0.39 is 5.97 Å². The number of halogens is 1. The molecule has 4 heterocycles. The number of nitrogens with one attached hydrogen (secondary N) is 3. The molecule has 0 aliphatic rings. The van der Waals surface area contributed by atoms with Crippen molar-refractivity contribution in [2.45, 2.75) is 33.2 Å². The Morgan fingerprint density at radius 1 is 1.31 bits per heavy atom. The van der Waals surface area contributed by atoms with Gasteiger partial charge in [0.25, 0.3) is 0 Å². The van der Waals surface area contributed by atoms with Crippen molar-refractivity contribution >= 4 is 45.5 Å². The van der Waals surface area contributed by atoms with Gasteiger partial charge >= 0.3 is 5.97 Å². The molecule has 0 bridgehead atoms. The minimum atomic E-state index is -0.869. The van der Waals surface area contributed by atoms with Crippen molar-refractivity contribution in [1.29, 1.82) is 0 Å². The van der Waals surface area contributed by atoms with Gasteiger partial charge in [-0.1, -0.05) is 32.4 Å². The van der Waals surface area contributed by atoms with Gasteiger partial charge in [0.1, 0.15) is 11.2 Å². The van der Waals surface area contributed by atoms with E-state index in [4.69, 9.17) is 16.6 Å². The van der Waals surface area contributed by atoms with Gasteiger partial charge in [-0.25, -0.2) is 15.0 Å². The molecule has 0 amide bonds. The van der Waals surface area contributed by atoms with Crippen LogP contribution in [0.1, 0.15) is 27.2 Å². The molecule has 4 rings (SSSR count). The third kappa shape index (κ3) is 3.75. The largest absolute Gasteiger partial charge is 0.481 e. The fraction of sp³-hybridized carbons (Fsp3) is 0.300. The smallest absolute Gasteiger partial charge is 0.305 e. The second-order valence-corrected chi connectivity index (χ2v) is 8.48. The van der Waals surface area contributed by atoms with E-state index in [0.29, 0.717) is 22.3 Å². The van der Waals surface area contributed by atoms with Crippen molar-refractivity contribution in [1.82, 2.24) is 24.9 Å². The van der Waals surface area contributed by atoms with Crippen LogP contribution in [0.5, 0.6) is 0 Å². The molecule has 4 N–H and O–H groups in total. The lowest BCUT2D eigenvalue weighted by molar-refractivity contribution is -0.137. The number of anilines is 1. The first-order valence-electron chi connectivity index (χ1n) is 9.19. The van der Waals surface area contributed by atoms with Crippen LogP contribution in [0.4, 0.5) is 5.82 Å². The van der Waals surface area contributed by atoms with Crippen LogP contribution in [0.25, 0.3) is 33.5 Å². The Labute approximate surface area is 171 Å². The Morgan fingerprint density at radius 3 is 2.83 bits per heavy atom. The highest BCUT2D eigenvalue weighted by atomic mass is 35.5. The molecule has 1 atom stereocenters. The molecule has 0 aromatic carbocycles. The van der Waals surface area contributed by atoms with Crippen LogP contribution in [0.2, 0.25) is 5.02 Å². The number of aliphatic carboxylic acids is 1. The first kappa shape index (κ1) is 19.2. The molecule has 0 fully saturated rings. The quantitative estimate of drug-likeness (QED) is 0.384. The van der Waals surface area contributed by atoms with E-state index in [1.807, 2.05) is 32.9 Å². The van der Waals surface area contributed by atoms with Gasteiger partial charge in [-0.2, -0.15) is 0 Å². The van der Waals surface area contributed by atoms with Crippen LogP contribution < -0.4 is 5.32 Å². The molecule has 9 heteroatoms. The van der Waals surface area contributed by atoms with Crippen LogP contribution in [0.15, 0.2) is 30.7 Å². The molecule has 0 unspecified atom stereocenters. The van der Waals surface area contributed by atoms with E-state index in [-0.39, 0.29) is 17.9 Å². The number of carboxylic acid groups (broad SMARTS) is 1.